The Hall–Kier alpha value is -0.590. The van der Waals surface area contributed by atoms with Gasteiger partial charge in [-0.2, -0.15) is 11.8 Å². The van der Waals surface area contributed by atoms with Crippen LogP contribution in [0, 0.1) is 0 Å². The van der Waals surface area contributed by atoms with Crippen molar-refractivity contribution in [2.24, 2.45) is 0 Å². The first-order valence-electron chi connectivity index (χ1n) is 6.20. The molecule has 98 valence electrons. The van der Waals surface area contributed by atoms with E-state index in [-0.39, 0.29) is 5.91 Å². The molecule has 2 N–H and O–H groups in total. The van der Waals surface area contributed by atoms with E-state index in [1.54, 1.807) is 17.3 Å². The van der Waals surface area contributed by atoms with Gasteiger partial charge in [-0.3, -0.25) is 4.79 Å². The van der Waals surface area contributed by atoms with Gasteiger partial charge in [-0.15, -0.1) is 11.3 Å². The zero-order chi connectivity index (χ0) is 12.6. The lowest BCUT2D eigenvalue weighted by Gasteiger charge is -2.21. The van der Waals surface area contributed by atoms with Crippen LogP contribution in [-0.4, -0.2) is 39.6 Å². The van der Waals surface area contributed by atoms with Crippen molar-refractivity contribution in [3.63, 3.8) is 0 Å². The molecule has 6 heteroatoms. The summed E-state index contributed by atoms with van der Waals surface area (Å²) in [6.07, 6.45) is 3.05. The lowest BCUT2D eigenvalue weighted by molar-refractivity contribution is 0.0613. The number of hydrogen-bond donors (Lipinski definition) is 2. The van der Waals surface area contributed by atoms with Crippen LogP contribution in [0.3, 0.4) is 0 Å². The van der Waals surface area contributed by atoms with E-state index in [0.29, 0.717) is 18.2 Å². The maximum absolute atomic E-state index is 12.1. The van der Waals surface area contributed by atoms with Crippen molar-refractivity contribution in [2.75, 3.05) is 18.1 Å². The van der Waals surface area contributed by atoms with Crippen molar-refractivity contribution in [1.82, 2.24) is 10.3 Å². The quantitative estimate of drug-likeness (QED) is 0.882. The van der Waals surface area contributed by atoms with E-state index in [9.17, 15) is 9.90 Å². The third kappa shape index (κ3) is 2.55. The second kappa shape index (κ2) is 4.83. The Balaban J connectivity index is 1.62. The third-order valence-corrected chi connectivity index (χ3v) is 5.50. The fourth-order valence-corrected chi connectivity index (χ4v) is 4.22. The molecule has 4 nitrogen and oxygen atoms in total. The molecule has 1 atom stereocenters. The van der Waals surface area contributed by atoms with Crippen LogP contribution >= 0.6 is 23.1 Å². The van der Waals surface area contributed by atoms with Gasteiger partial charge in [-0.05, 0) is 25.0 Å². The standard InChI is InChI=1S/C12H16N2O2S2/c15-11(13-5-12(16)3-4-17-6-12)10-9(8-1-2-8)14-7-18-10/h7-8,16H,1-6H2,(H,13,15). The van der Waals surface area contributed by atoms with Crippen molar-refractivity contribution in [1.29, 1.82) is 0 Å². The molecule has 0 bridgehead atoms. The zero-order valence-corrected chi connectivity index (χ0v) is 11.6. The summed E-state index contributed by atoms with van der Waals surface area (Å²) in [5, 5.41) is 13.0. The van der Waals surface area contributed by atoms with E-state index in [1.807, 2.05) is 0 Å². The van der Waals surface area contributed by atoms with E-state index in [2.05, 4.69) is 10.3 Å². The fourth-order valence-electron chi connectivity index (χ4n) is 2.13. The van der Waals surface area contributed by atoms with Gasteiger partial charge in [0, 0.05) is 18.2 Å². The average molecular weight is 284 g/mol. The number of rotatable bonds is 4. The zero-order valence-electron chi connectivity index (χ0n) is 10.0. The van der Waals surface area contributed by atoms with Crippen LogP contribution in [0.5, 0.6) is 0 Å². The Kier molecular flexibility index (Phi) is 3.34. The molecule has 0 spiro atoms. The Morgan fingerprint density at radius 1 is 1.61 bits per heavy atom. The van der Waals surface area contributed by atoms with Crippen LogP contribution < -0.4 is 5.32 Å². The van der Waals surface area contributed by atoms with E-state index in [1.165, 1.54) is 11.3 Å². The van der Waals surface area contributed by atoms with E-state index in [4.69, 9.17) is 0 Å². The number of aromatic nitrogens is 1. The van der Waals surface area contributed by atoms with Crippen molar-refractivity contribution in [3.05, 3.63) is 16.1 Å². The largest absolute Gasteiger partial charge is 0.387 e. The smallest absolute Gasteiger partial charge is 0.263 e. The van der Waals surface area contributed by atoms with Crippen LogP contribution in [0.1, 0.15) is 40.5 Å². The number of amides is 1. The number of nitrogens with zero attached hydrogens (tertiary/aromatic N) is 1. The minimum Gasteiger partial charge on any atom is -0.387 e. The van der Waals surface area contributed by atoms with Gasteiger partial charge in [-0.1, -0.05) is 0 Å². The Labute approximate surface area is 114 Å². The van der Waals surface area contributed by atoms with Gasteiger partial charge in [0.2, 0.25) is 0 Å². The molecule has 2 heterocycles. The molecule has 1 aliphatic carbocycles. The van der Waals surface area contributed by atoms with Crippen LogP contribution in [0.15, 0.2) is 5.51 Å². The highest BCUT2D eigenvalue weighted by molar-refractivity contribution is 7.99. The van der Waals surface area contributed by atoms with Crippen molar-refractivity contribution < 1.29 is 9.90 Å². The predicted octanol–water partition coefficient (Wildman–Crippen LogP) is 1.62. The normalized spacial score (nSPS) is 27.4. The van der Waals surface area contributed by atoms with Gasteiger partial charge >= 0.3 is 0 Å². The van der Waals surface area contributed by atoms with Crippen LogP contribution in [0.4, 0.5) is 0 Å². The molecular formula is C12H16N2O2S2. The summed E-state index contributed by atoms with van der Waals surface area (Å²) in [6, 6.07) is 0. The Morgan fingerprint density at radius 3 is 3.11 bits per heavy atom. The van der Waals surface area contributed by atoms with Gasteiger partial charge in [0.15, 0.2) is 0 Å². The number of carbonyl (C=O) groups is 1. The van der Waals surface area contributed by atoms with E-state index < -0.39 is 5.60 Å². The Morgan fingerprint density at radius 2 is 2.44 bits per heavy atom. The summed E-state index contributed by atoms with van der Waals surface area (Å²) in [6.45, 7) is 0.348. The molecule has 0 radical (unpaired) electrons. The van der Waals surface area contributed by atoms with Gasteiger partial charge in [0.25, 0.3) is 5.91 Å². The Bertz CT molecular complexity index is 451. The molecule has 0 aromatic carbocycles. The number of nitrogens with one attached hydrogen (secondary N) is 1. The maximum atomic E-state index is 12.1. The topological polar surface area (TPSA) is 62.2 Å². The van der Waals surface area contributed by atoms with Gasteiger partial charge < -0.3 is 10.4 Å². The number of aliphatic hydroxyl groups is 1. The van der Waals surface area contributed by atoms with Crippen LogP contribution in [0.25, 0.3) is 0 Å². The van der Waals surface area contributed by atoms with Gasteiger partial charge in [-0.25, -0.2) is 4.98 Å². The highest BCUT2D eigenvalue weighted by Gasteiger charge is 2.34. The second-order valence-corrected chi connectivity index (χ2v) is 7.01. The molecule has 1 aromatic rings. The molecule has 1 saturated heterocycles. The summed E-state index contributed by atoms with van der Waals surface area (Å²) in [5.41, 5.74) is 1.97. The number of thiazole rings is 1. The summed E-state index contributed by atoms with van der Waals surface area (Å²) in [5.74, 6) is 2.10. The number of hydrogen-bond acceptors (Lipinski definition) is 5. The highest BCUT2D eigenvalue weighted by atomic mass is 32.2. The summed E-state index contributed by atoms with van der Waals surface area (Å²) < 4.78 is 0. The third-order valence-electron chi connectivity index (χ3n) is 3.43. The monoisotopic (exact) mass is 284 g/mol. The first-order valence-corrected chi connectivity index (χ1v) is 8.23. The highest BCUT2D eigenvalue weighted by Crippen LogP contribution is 2.41. The first-order chi connectivity index (χ1) is 8.68. The minimum absolute atomic E-state index is 0.0790. The van der Waals surface area contributed by atoms with Gasteiger partial charge in [0.05, 0.1) is 16.8 Å². The molecule has 3 rings (SSSR count). The molecule has 1 aromatic heterocycles. The second-order valence-electron chi connectivity index (χ2n) is 5.05. The SMILES string of the molecule is O=C(NCC1(O)CCSC1)c1scnc1C1CC1. The molecular weight excluding hydrogens is 268 g/mol. The molecule has 18 heavy (non-hydrogen) atoms. The molecule has 2 aliphatic rings. The molecule has 1 amide bonds. The van der Waals surface area contributed by atoms with Crippen molar-refractivity contribution >= 4 is 29.0 Å². The maximum Gasteiger partial charge on any atom is 0.263 e. The molecule has 1 saturated carbocycles. The lowest BCUT2D eigenvalue weighted by Crippen LogP contribution is -2.42. The van der Waals surface area contributed by atoms with E-state index in [0.717, 1.165) is 35.6 Å². The molecule has 1 unspecified atom stereocenters. The lowest BCUT2D eigenvalue weighted by atomic mass is 10.0. The van der Waals surface area contributed by atoms with Crippen LogP contribution in [0.2, 0.25) is 0 Å². The molecule has 1 aliphatic heterocycles. The van der Waals surface area contributed by atoms with Crippen molar-refractivity contribution in [3.8, 4) is 0 Å². The summed E-state index contributed by atoms with van der Waals surface area (Å²) >= 11 is 3.13. The van der Waals surface area contributed by atoms with Crippen LogP contribution in [-0.2, 0) is 0 Å². The fraction of sp³-hybridized carbons (Fsp3) is 0.667. The minimum atomic E-state index is -0.718. The van der Waals surface area contributed by atoms with Gasteiger partial charge in [0.1, 0.15) is 4.88 Å². The average Bonchev–Trinajstić information content (AvgIpc) is 2.92. The number of thioether (sulfide) groups is 1. The number of carbonyl (C=O) groups excluding carboxylic acids is 1. The van der Waals surface area contributed by atoms with E-state index >= 15 is 0 Å². The molecule has 2 fully saturated rings. The predicted molar refractivity (Wildman–Crippen MR) is 73.3 cm³/mol. The summed E-state index contributed by atoms with van der Waals surface area (Å²) in [4.78, 5) is 17.1. The summed E-state index contributed by atoms with van der Waals surface area (Å²) in [7, 11) is 0. The first kappa shape index (κ1) is 12.4. The van der Waals surface area contributed by atoms with Crippen molar-refractivity contribution in [2.45, 2.75) is 30.8 Å².